The molecule has 1 aliphatic heterocycles. The molecule has 0 saturated carbocycles. The molecule has 1 saturated heterocycles. The Morgan fingerprint density at radius 2 is 1.86 bits per heavy atom. The van der Waals surface area contributed by atoms with Crippen molar-refractivity contribution in [3.05, 3.63) is 53.6 Å². The van der Waals surface area contributed by atoms with Gasteiger partial charge >= 0.3 is 0 Å². The minimum atomic E-state index is 0. The van der Waals surface area contributed by atoms with E-state index in [-0.39, 0.29) is 24.0 Å². The summed E-state index contributed by atoms with van der Waals surface area (Å²) in [7, 11) is 3.82. The number of halogens is 1. The number of aromatic nitrogens is 3. The van der Waals surface area contributed by atoms with Crippen LogP contribution in [-0.2, 0) is 13.6 Å². The summed E-state index contributed by atoms with van der Waals surface area (Å²) < 4.78 is 2.00. The lowest BCUT2D eigenvalue weighted by Gasteiger charge is -2.36. The van der Waals surface area contributed by atoms with Gasteiger partial charge in [-0.2, -0.15) is 0 Å². The van der Waals surface area contributed by atoms with Crippen molar-refractivity contribution in [2.75, 3.05) is 39.8 Å². The van der Waals surface area contributed by atoms with Crippen LogP contribution >= 0.6 is 24.0 Å². The van der Waals surface area contributed by atoms with E-state index in [0.717, 1.165) is 50.3 Å². The van der Waals surface area contributed by atoms with Crippen molar-refractivity contribution in [3.63, 3.8) is 0 Å². The SMILES string of the molecule is CN=C(NCc1nnc(C)n1C)N1CCN(C/C=C/c2ccccc2)CC1.I. The number of aryl methyl sites for hydroxylation is 1. The molecular formula is C20H30IN7. The average Bonchev–Trinajstić information content (AvgIpc) is 3.02. The zero-order chi connectivity index (χ0) is 19.1. The minimum Gasteiger partial charge on any atom is -0.349 e. The van der Waals surface area contributed by atoms with Gasteiger partial charge in [-0.1, -0.05) is 42.5 Å². The van der Waals surface area contributed by atoms with Crippen LogP contribution in [-0.4, -0.2) is 70.3 Å². The van der Waals surface area contributed by atoms with Crippen LogP contribution in [0.25, 0.3) is 6.08 Å². The van der Waals surface area contributed by atoms with E-state index >= 15 is 0 Å². The molecule has 28 heavy (non-hydrogen) atoms. The number of rotatable bonds is 5. The van der Waals surface area contributed by atoms with Gasteiger partial charge < -0.3 is 14.8 Å². The summed E-state index contributed by atoms with van der Waals surface area (Å²) in [5.41, 5.74) is 1.25. The van der Waals surface area contributed by atoms with Crippen LogP contribution in [0.4, 0.5) is 0 Å². The Morgan fingerprint density at radius 3 is 2.46 bits per heavy atom. The summed E-state index contributed by atoms with van der Waals surface area (Å²) in [6.07, 6.45) is 4.43. The van der Waals surface area contributed by atoms with Gasteiger partial charge in [-0.15, -0.1) is 34.2 Å². The zero-order valence-corrected chi connectivity index (χ0v) is 19.2. The Hall–Kier alpha value is -1.94. The van der Waals surface area contributed by atoms with Gasteiger partial charge in [0.1, 0.15) is 5.82 Å². The fourth-order valence-electron chi connectivity index (χ4n) is 3.14. The summed E-state index contributed by atoms with van der Waals surface area (Å²) >= 11 is 0. The second-order valence-electron chi connectivity index (χ2n) is 6.72. The highest BCUT2D eigenvalue weighted by molar-refractivity contribution is 14.0. The van der Waals surface area contributed by atoms with Gasteiger partial charge in [-0.05, 0) is 12.5 Å². The van der Waals surface area contributed by atoms with Crippen LogP contribution in [0, 0.1) is 6.92 Å². The van der Waals surface area contributed by atoms with Crippen molar-refractivity contribution in [3.8, 4) is 0 Å². The number of hydrogen-bond donors (Lipinski definition) is 1. The predicted molar refractivity (Wildman–Crippen MR) is 125 cm³/mol. The molecule has 152 valence electrons. The predicted octanol–water partition coefficient (Wildman–Crippen LogP) is 2.15. The third-order valence-electron chi connectivity index (χ3n) is 4.94. The van der Waals surface area contributed by atoms with Gasteiger partial charge in [0.2, 0.25) is 0 Å². The van der Waals surface area contributed by atoms with E-state index in [1.165, 1.54) is 5.56 Å². The van der Waals surface area contributed by atoms with Crippen LogP contribution in [0.3, 0.4) is 0 Å². The summed E-state index contributed by atoms with van der Waals surface area (Å²) in [5.74, 6) is 2.76. The van der Waals surface area contributed by atoms with Crippen molar-refractivity contribution in [2.24, 2.45) is 12.0 Å². The number of hydrogen-bond acceptors (Lipinski definition) is 4. The summed E-state index contributed by atoms with van der Waals surface area (Å²) in [4.78, 5) is 9.21. The first-order chi connectivity index (χ1) is 13.2. The van der Waals surface area contributed by atoms with Crippen molar-refractivity contribution < 1.29 is 0 Å². The Morgan fingerprint density at radius 1 is 1.14 bits per heavy atom. The van der Waals surface area contributed by atoms with Crippen molar-refractivity contribution in [1.29, 1.82) is 0 Å². The highest BCUT2D eigenvalue weighted by Gasteiger charge is 2.19. The Bertz CT molecular complexity index is 777. The molecule has 3 rings (SSSR count). The van der Waals surface area contributed by atoms with E-state index in [9.17, 15) is 0 Å². The van der Waals surface area contributed by atoms with Gasteiger partial charge in [-0.3, -0.25) is 9.89 Å². The van der Waals surface area contributed by atoms with Crippen LogP contribution < -0.4 is 5.32 Å². The Balaban J connectivity index is 0.00000280. The molecule has 1 fully saturated rings. The maximum Gasteiger partial charge on any atom is 0.194 e. The molecule has 2 aromatic rings. The average molecular weight is 495 g/mol. The number of benzene rings is 1. The topological polar surface area (TPSA) is 61.6 Å². The molecule has 0 amide bonds. The van der Waals surface area contributed by atoms with Crippen molar-refractivity contribution in [1.82, 2.24) is 29.9 Å². The summed E-state index contributed by atoms with van der Waals surface area (Å²) in [6, 6.07) is 10.4. The minimum absolute atomic E-state index is 0. The number of aliphatic imine (C=N–C) groups is 1. The molecule has 0 aliphatic carbocycles. The fourth-order valence-corrected chi connectivity index (χ4v) is 3.14. The molecule has 0 spiro atoms. The molecule has 0 unspecified atom stereocenters. The smallest absolute Gasteiger partial charge is 0.194 e. The van der Waals surface area contributed by atoms with E-state index in [2.05, 4.69) is 66.7 Å². The van der Waals surface area contributed by atoms with Gasteiger partial charge in [0.05, 0.1) is 6.54 Å². The second kappa shape index (κ2) is 11.2. The van der Waals surface area contributed by atoms with E-state index in [1.807, 2.05) is 31.7 Å². The van der Waals surface area contributed by atoms with Gasteiger partial charge in [-0.25, -0.2) is 0 Å². The Kier molecular flexibility index (Phi) is 8.91. The van der Waals surface area contributed by atoms with Crippen LogP contribution in [0.2, 0.25) is 0 Å². The lowest BCUT2D eigenvalue weighted by Crippen LogP contribution is -2.52. The van der Waals surface area contributed by atoms with Gasteiger partial charge in [0, 0.05) is 46.8 Å². The highest BCUT2D eigenvalue weighted by atomic mass is 127. The molecular weight excluding hydrogens is 465 g/mol. The maximum atomic E-state index is 4.43. The van der Waals surface area contributed by atoms with Gasteiger partial charge in [0.15, 0.2) is 11.8 Å². The molecule has 8 heteroatoms. The fraction of sp³-hybridized carbons (Fsp3) is 0.450. The van der Waals surface area contributed by atoms with Crippen LogP contribution in [0.1, 0.15) is 17.2 Å². The first-order valence-corrected chi connectivity index (χ1v) is 9.42. The summed E-state index contributed by atoms with van der Waals surface area (Å²) in [5, 5.41) is 11.7. The van der Waals surface area contributed by atoms with E-state index in [1.54, 1.807) is 0 Å². The molecule has 1 aliphatic rings. The molecule has 0 radical (unpaired) electrons. The molecule has 2 heterocycles. The number of nitrogens with one attached hydrogen (secondary N) is 1. The normalized spacial score (nSPS) is 15.7. The van der Waals surface area contributed by atoms with E-state index < -0.39 is 0 Å². The lowest BCUT2D eigenvalue weighted by atomic mass is 10.2. The Labute approximate surface area is 184 Å². The standard InChI is InChI=1S/C20H29N7.HI/c1-17-23-24-19(25(17)3)16-22-20(21-2)27-14-12-26(13-15-27)11-7-10-18-8-5-4-6-9-18;/h4-10H,11-16H2,1-3H3,(H,21,22);1H/b10-7+;. The van der Waals surface area contributed by atoms with Crippen LogP contribution in [0.15, 0.2) is 41.4 Å². The zero-order valence-electron chi connectivity index (χ0n) is 16.9. The number of guanidine groups is 1. The highest BCUT2D eigenvalue weighted by Crippen LogP contribution is 2.05. The molecule has 1 aromatic carbocycles. The van der Waals surface area contributed by atoms with E-state index in [4.69, 9.17) is 0 Å². The molecule has 1 N–H and O–H groups in total. The third kappa shape index (κ3) is 6.03. The van der Waals surface area contributed by atoms with Crippen molar-refractivity contribution >= 4 is 36.0 Å². The molecule has 0 bridgehead atoms. The second-order valence-corrected chi connectivity index (χ2v) is 6.72. The molecule has 0 atom stereocenters. The first-order valence-electron chi connectivity index (χ1n) is 9.42. The number of nitrogens with zero attached hydrogens (tertiary/aromatic N) is 6. The summed E-state index contributed by atoms with van der Waals surface area (Å²) in [6.45, 7) is 7.56. The quantitative estimate of drug-likeness (QED) is 0.392. The molecule has 1 aromatic heterocycles. The largest absolute Gasteiger partial charge is 0.349 e. The number of piperazine rings is 1. The maximum absolute atomic E-state index is 4.43. The van der Waals surface area contributed by atoms with Gasteiger partial charge in [0.25, 0.3) is 0 Å². The third-order valence-corrected chi connectivity index (χ3v) is 4.94. The monoisotopic (exact) mass is 495 g/mol. The van der Waals surface area contributed by atoms with Crippen LogP contribution in [0.5, 0.6) is 0 Å². The first kappa shape index (κ1) is 22.4. The van der Waals surface area contributed by atoms with Crippen molar-refractivity contribution in [2.45, 2.75) is 13.5 Å². The van der Waals surface area contributed by atoms with E-state index in [0.29, 0.717) is 6.54 Å². The molecule has 7 nitrogen and oxygen atoms in total. The lowest BCUT2D eigenvalue weighted by molar-refractivity contribution is 0.194.